The summed E-state index contributed by atoms with van der Waals surface area (Å²) in [5.74, 6) is 9.90. The fourth-order valence-electron chi connectivity index (χ4n) is 0.821. The summed E-state index contributed by atoms with van der Waals surface area (Å²) in [6.07, 6.45) is 0. The van der Waals surface area contributed by atoms with E-state index in [1.54, 1.807) is 7.05 Å². The highest BCUT2D eigenvalue weighted by Crippen LogP contribution is 2.01. The second kappa shape index (κ2) is 9.54. The Labute approximate surface area is 116 Å². The fourth-order valence-corrected chi connectivity index (χ4v) is 0.880. The molecule has 0 atom stereocenters. The minimum Gasteiger partial charge on any atom is -0.486 e. The summed E-state index contributed by atoms with van der Waals surface area (Å²) < 4.78 is 5.22. The van der Waals surface area contributed by atoms with Gasteiger partial charge in [-0.2, -0.15) is 0 Å². The van der Waals surface area contributed by atoms with Gasteiger partial charge in [-0.25, -0.2) is 11.7 Å². The van der Waals surface area contributed by atoms with Crippen molar-refractivity contribution in [1.82, 2.24) is 10.4 Å². The number of nitrogens with zero attached hydrogens (tertiary/aromatic N) is 1. The summed E-state index contributed by atoms with van der Waals surface area (Å²) in [5, 5.41) is 9.04. The van der Waals surface area contributed by atoms with Crippen molar-refractivity contribution in [3.05, 3.63) is 35.9 Å². The van der Waals surface area contributed by atoms with E-state index in [4.69, 9.17) is 27.9 Å². The minimum absolute atomic E-state index is 0.295. The highest BCUT2D eigenvalue weighted by molar-refractivity contribution is 7.80. The zero-order valence-corrected chi connectivity index (χ0v) is 11.5. The Balaban J connectivity index is 0.000000494. The number of ether oxygens (including phenoxy) is 1. The molecule has 1 rings (SSSR count). The Morgan fingerprint density at radius 1 is 1.39 bits per heavy atom. The molecule has 100 valence electrons. The Morgan fingerprint density at radius 3 is 2.28 bits per heavy atom. The largest absolute Gasteiger partial charge is 0.486 e. The molecule has 0 fully saturated rings. The molecule has 0 radical (unpaired) electrons. The van der Waals surface area contributed by atoms with E-state index in [1.165, 1.54) is 5.01 Å². The van der Waals surface area contributed by atoms with Crippen molar-refractivity contribution in [1.29, 1.82) is 0 Å². The standard InChI is InChI=1S/C9H12N2OS.CH4N2OS/c1-11(10)9(13)12-7-8-5-3-2-4-6-8;2-3-1(4)5/h2-6H,7,10H2,1H3;2H2,(H2,3,4,5). The monoisotopic (exact) mass is 288 g/mol. The topological polar surface area (TPSA) is 96.8 Å². The lowest BCUT2D eigenvalue weighted by Crippen LogP contribution is -2.33. The molecule has 0 saturated carbocycles. The van der Waals surface area contributed by atoms with E-state index in [0.717, 1.165) is 5.56 Å². The molecule has 0 aromatic heterocycles. The van der Waals surface area contributed by atoms with E-state index in [-0.39, 0.29) is 5.17 Å². The SMILES string of the molecule is CN(N)C(=S)OCc1ccccc1.NNC(O)=S. The number of benzene rings is 1. The van der Waals surface area contributed by atoms with Crippen LogP contribution in [0.1, 0.15) is 5.56 Å². The van der Waals surface area contributed by atoms with E-state index in [1.807, 2.05) is 35.8 Å². The van der Waals surface area contributed by atoms with E-state index in [9.17, 15) is 0 Å². The number of aliphatic hydroxyl groups excluding tert-OH is 1. The molecule has 0 aliphatic rings. The average Bonchev–Trinajstić information content (AvgIpc) is 2.37. The smallest absolute Gasteiger partial charge is 0.273 e. The summed E-state index contributed by atoms with van der Waals surface area (Å²) in [7, 11) is 1.65. The summed E-state index contributed by atoms with van der Waals surface area (Å²) in [4.78, 5) is 0. The Morgan fingerprint density at radius 2 is 1.89 bits per heavy atom. The first-order valence-electron chi connectivity index (χ1n) is 4.86. The molecule has 0 spiro atoms. The van der Waals surface area contributed by atoms with Crippen LogP contribution in [0.25, 0.3) is 0 Å². The third-order valence-electron chi connectivity index (χ3n) is 1.62. The summed E-state index contributed by atoms with van der Waals surface area (Å²) >= 11 is 8.87. The van der Waals surface area contributed by atoms with Crippen molar-refractivity contribution < 1.29 is 9.84 Å². The van der Waals surface area contributed by atoms with Crippen molar-refractivity contribution in [2.45, 2.75) is 6.61 Å². The zero-order valence-electron chi connectivity index (χ0n) is 9.87. The van der Waals surface area contributed by atoms with Crippen LogP contribution in [0.4, 0.5) is 0 Å². The van der Waals surface area contributed by atoms with Gasteiger partial charge in [0.15, 0.2) is 0 Å². The number of hydrazine groups is 2. The summed E-state index contributed by atoms with van der Waals surface area (Å²) in [5.41, 5.74) is 2.89. The molecule has 0 bridgehead atoms. The fraction of sp³-hybridized carbons (Fsp3) is 0.200. The molecule has 0 saturated heterocycles. The Bertz CT molecular complexity index is 373. The number of thiocarbonyl (C=S) groups is 2. The van der Waals surface area contributed by atoms with Crippen LogP contribution in [-0.4, -0.2) is 27.5 Å². The summed E-state index contributed by atoms with van der Waals surface area (Å²) in [6, 6.07) is 9.80. The molecule has 6 N–H and O–H groups in total. The van der Waals surface area contributed by atoms with Gasteiger partial charge in [0.05, 0.1) is 0 Å². The second-order valence-electron chi connectivity index (χ2n) is 3.10. The molecule has 0 aliphatic heterocycles. The highest BCUT2D eigenvalue weighted by atomic mass is 32.1. The molecule has 0 unspecified atom stereocenters. The van der Waals surface area contributed by atoms with Gasteiger partial charge in [-0.3, -0.25) is 10.4 Å². The first-order valence-corrected chi connectivity index (χ1v) is 5.67. The molecule has 1 aromatic carbocycles. The molecule has 8 heteroatoms. The molecule has 0 heterocycles. The minimum atomic E-state index is -0.384. The lowest BCUT2D eigenvalue weighted by atomic mass is 10.2. The van der Waals surface area contributed by atoms with E-state index >= 15 is 0 Å². The van der Waals surface area contributed by atoms with Gasteiger partial charge in [-0.15, -0.1) is 0 Å². The van der Waals surface area contributed by atoms with Gasteiger partial charge < -0.3 is 9.84 Å². The normalized spacial score (nSPS) is 8.61. The van der Waals surface area contributed by atoms with Crippen molar-refractivity contribution >= 4 is 34.8 Å². The van der Waals surface area contributed by atoms with E-state index in [2.05, 4.69) is 18.1 Å². The zero-order chi connectivity index (χ0) is 14.0. The van der Waals surface area contributed by atoms with Gasteiger partial charge in [0.2, 0.25) is 0 Å². The summed E-state index contributed by atoms with van der Waals surface area (Å²) in [6.45, 7) is 0.460. The van der Waals surface area contributed by atoms with Crippen LogP contribution in [-0.2, 0) is 11.3 Å². The average molecular weight is 288 g/mol. The van der Waals surface area contributed by atoms with Crippen LogP contribution in [0.2, 0.25) is 0 Å². The molecular formula is C10H16N4O2S2. The molecule has 18 heavy (non-hydrogen) atoms. The third-order valence-corrected chi connectivity index (χ3v) is 2.14. The molecular weight excluding hydrogens is 272 g/mol. The maximum absolute atomic E-state index is 7.86. The van der Waals surface area contributed by atoms with Gasteiger partial charge in [-0.05, 0) is 30.0 Å². The van der Waals surface area contributed by atoms with E-state index < -0.39 is 0 Å². The Hall–Kier alpha value is -1.48. The molecule has 0 aliphatic carbocycles. The number of nitrogens with two attached hydrogens (primary N) is 2. The van der Waals surface area contributed by atoms with Crippen molar-refractivity contribution in [3.63, 3.8) is 0 Å². The first kappa shape index (κ1) is 16.5. The van der Waals surface area contributed by atoms with Crippen LogP contribution in [0.15, 0.2) is 30.3 Å². The van der Waals surface area contributed by atoms with Crippen LogP contribution in [0, 0.1) is 0 Å². The lowest BCUT2D eigenvalue weighted by molar-refractivity contribution is 0.248. The molecule has 1 aromatic rings. The number of rotatable bonds is 2. The van der Waals surface area contributed by atoms with Gasteiger partial charge in [-0.1, -0.05) is 30.3 Å². The van der Waals surface area contributed by atoms with Crippen LogP contribution >= 0.6 is 24.4 Å². The van der Waals surface area contributed by atoms with Crippen molar-refractivity contribution in [2.24, 2.45) is 11.7 Å². The highest BCUT2D eigenvalue weighted by Gasteiger charge is 1.99. The Kier molecular flexibility index (Phi) is 8.76. The number of aliphatic hydroxyl groups is 1. The van der Waals surface area contributed by atoms with Crippen LogP contribution in [0.5, 0.6) is 0 Å². The van der Waals surface area contributed by atoms with Gasteiger partial charge in [0.1, 0.15) is 6.61 Å². The number of hydrogen-bond acceptors (Lipinski definition) is 5. The van der Waals surface area contributed by atoms with Gasteiger partial charge in [0.25, 0.3) is 10.3 Å². The van der Waals surface area contributed by atoms with E-state index in [0.29, 0.717) is 11.8 Å². The van der Waals surface area contributed by atoms with Crippen LogP contribution in [0.3, 0.4) is 0 Å². The number of nitrogens with one attached hydrogen (secondary N) is 1. The second-order valence-corrected chi connectivity index (χ2v) is 3.84. The first-order chi connectivity index (χ1) is 8.47. The predicted molar refractivity (Wildman–Crippen MR) is 78.3 cm³/mol. The number of hydrogen-bond donors (Lipinski definition) is 4. The molecule has 6 nitrogen and oxygen atoms in total. The lowest BCUT2D eigenvalue weighted by Gasteiger charge is -2.13. The van der Waals surface area contributed by atoms with Gasteiger partial charge >= 0.3 is 0 Å². The van der Waals surface area contributed by atoms with Gasteiger partial charge in [0, 0.05) is 7.05 Å². The molecule has 0 amide bonds. The van der Waals surface area contributed by atoms with Crippen molar-refractivity contribution in [2.75, 3.05) is 7.05 Å². The maximum atomic E-state index is 7.86. The van der Waals surface area contributed by atoms with Crippen LogP contribution < -0.4 is 17.1 Å². The van der Waals surface area contributed by atoms with Crippen molar-refractivity contribution in [3.8, 4) is 0 Å². The quantitative estimate of drug-likeness (QED) is 0.357. The maximum Gasteiger partial charge on any atom is 0.273 e. The predicted octanol–water partition coefficient (Wildman–Crippen LogP) is 0.586. The third kappa shape index (κ3) is 8.65.